The van der Waals surface area contributed by atoms with Gasteiger partial charge in [-0.3, -0.25) is 4.79 Å². The lowest BCUT2D eigenvalue weighted by atomic mass is 9.74. The number of furan rings is 1. The molecule has 0 fully saturated rings. The first-order valence-corrected chi connectivity index (χ1v) is 10.6. The predicted octanol–water partition coefficient (Wildman–Crippen LogP) is 6.24. The molecule has 2 aromatic carbocycles. The van der Waals surface area contributed by atoms with E-state index < -0.39 is 0 Å². The van der Waals surface area contributed by atoms with Crippen LogP contribution < -0.4 is 10.2 Å². The number of ketones is 1. The van der Waals surface area contributed by atoms with Gasteiger partial charge in [-0.2, -0.15) is 0 Å². The number of carbonyl (C=O) groups is 1. The van der Waals surface area contributed by atoms with Gasteiger partial charge in [0.2, 0.25) is 0 Å². The summed E-state index contributed by atoms with van der Waals surface area (Å²) in [6.07, 6.45) is 2.92. The Kier molecular flexibility index (Phi) is 4.69. The summed E-state index contributed by atoms with van der Waals surface area (Å²) in [6.45, 7) is 4.77. The molecule has 1 aromatic heterocycles. The number of Topliss-reactive ketones (excluding diaryl/α,β-unsaturated/α-hetero) is 1. The Labute approximate surface area is 181 Å². The Morgan fingerprint density at radius 3 is 2.58 bits per heavy atom. The van der Waals surface area contributed by atoms with Crippen molar-refractivity contribution in [2.24, 2.45) is 5.41 Å². The van der Waals surface area contributed by atoms with Crippen LogP contribution in [0.3, 0.4) is 0 Å². The van der Waals surface area contributed by atoms with E-state index in [9.17, 15) is 9.18 Å². The fraction of sp³-hybridized carbons (Fsp3) is 0.269. The summed E-state index contributed by atoms with van der Waals surface area (Å²) in [5.74, 6) is 0.595. The van der Waals surface area contributed by atoms with E-state index in [-0.39, 0.29) is 23.1 Å². The molecule has 1 N–H and O–H groups in total. The zero-order valence-electron chi connectivity index (χ0n) is 17.7. The summed E-state index contributed by atoms with van der Waals surface area (Å²) in [4.78, 5) is 15.7. The number of rotatable bonds is 3. The molecule has 1 unspecified atom stereocenters. The lowest BCUT2D eigenvalue weighted by molar-refractivity contribution is -0.118. The number of para-hydroxylation sites is 2. The highest BCUT2D eigenvalue weighted by Crippen LogP contribution is 2.48. The van der Waals surface area contributed by atoms with Crippen LogP contribution >= 0.6 is 0 Å². The molecule has 0 spiro atoms. The molecule has 0 amide bonds. The Morgan fingerprint density at radius 2 is 1.84 bits per heavy atom. The van der Waals surface area contributed by atoms with Crippen LogP contribution in [-0.4, -0.2) is 5.78 Å². The fourth-order valence-corrected chi connectivity index (χ4v) is 4.76. The Bertz CT molecular complexity index is 1150. The molecule has 1 aliphatic heterocycles. The number of carbonyl (C=O) groups excluding carboxylic acids is 1. The lowest BCUT2D eigenvalue weighted by Gasteiger charge is -2.37. The number of allylic oxidation sites excluding steroid dienone is 1. The van der Waals surface area contributed by atoms with Crippen molar-refractivity contribution < 1.29 is 13.6 Å². The smallest absolute Gasteiger partial charge is 0.163 e. The second kappa shape index (κ2) is 7.41. The summed E-state index contributed by atoms with van der Waals surface area (Å²) in [6, 6.07) is 18.0. The zero-order valence-corrected chi connectivity index (χ0v) is 17.7. The highest BCUT2D eigenvalue weighted by atomic mass is 19.1. The van der Waals surface area contributed by atoms with Gasteiger partial charge in [0.05, 0.1) is 17.6 Å². The maximum atomic E-state index is 13.5. The molecule has 2 heterocycles. The highest BCUT2D eigenvalue weighted by molar-refractivity contribution is 6.01. The number of nitrogens with one attached hydrogen (secondary N) is 1. The van der Waals surface area contributed by atoms with E-state index in [2.05, 4.69) is 30.1 Å². The van der Waals surface area contributed by atoms with Gasteiger partial charge in [-0.15, -0.1) is 0 Å². The molecule has 0 radical (unpaired) electrons. The number of benzene rings is 2. The second-order valence-corrected chi connectivity index (χ2v) is 9.15. The third kappa shape index (κ3) is 3.65. The largest absolute Gasteiger partial charge is 0.467 e. The van der Waals surface area contributed by atoms with Crippen molar-refractivity contribution >= 4 is 17.2 Å². The van der Waals surface area contributed by atoms with E-state index in [1.165, 1.54) is 12.1 Å². The monoisotopic (exact) mass is 416 g/mol. The molecule has 3 aromatic rings. The topological polar surface area (TPSA) is 45.5 Å². The molecule has 5 heteroatoms. The molecule has 0 saturated heterocycles. The van der Waals surface area contributed by atoms with Crippen molar-refractivity contribution in [2.75, 3.05) is 10.2 Å². The van der Waals surface area contributed by atoms with Crippen molar-refractivity contribution in [2.45, 2.75) is 39.3 Å². The minimum Gasteiger partial charge on any atom is -0.467 e. The van der Waals surface area contributed by atoms with E-state index in [4.69, 9.17) is 4.42 Å². The standard InChI is InChI=1S/C26H25FN2O2/c1-26(2)14-20-24(22(30)15-26)25(23-8-5-13-31-23)29(16-17-9-11-18(27)12-10-17)21-7-4-3-6-19(21)28-20/h3-13,25,28H,14-16H2,1-2H3. The summed E-state index contributed by atoms with van der Waals surface area (Å²) in [7, 11) is 0. The van der Waals surface area contributed by atoms with Gasteiger partial charge in [0, 0.05) is 24.2 Å². The van der Waals surface area contributed by atoms with Crippen LogP contribution in [-0.2, 0) is 11.3 Å². The predicted molar refractivity (Wildman–Crippen MR) is 119 cm³/mol. The minimum atomic E-state index is -0.366. The van der Waals surface area contributed by atoms with E-state index in [1.54, 1.807) is 18.4 Å². The van der Waals surface area contributed by atoms with Gasteiger partial charge in [0.15, 0.2) is 5.78 Å². The molecule has 1 atom stereocenters. The number of fused-ring (bicyclic) bond motifs is 1. The van der Waals surface area contributed by atoms with Gasteiger partial charge in [0.25, 0.3) is 0 Å². The van der Waals surface area contributed by atoms with Crippen LogP contribution in [0.2, 0.25) is 0 Å². The maximum Gasteiger partial charge on any atom is 0.163 e. The van der Waals surface area contributed by atoms with Crippen molar-refractivity contribution in [1.82, 2.24) is 0 Å². The summed E-state index contributed by atoms with van der Waals surface area (Å²) in [5, 5.41) is 3.58. The first-order valence-electron chi connectivity index (χ1n) is 10.6. The van der Waals surface area contributed by atoms with Crippen LogP contribution in [0.1, 0.15) is 44.1 Å². The molecular formula is C26H25FN2O2. The Hall–Kier alpha value is -3.34. The fourth-order valence-electron chi connectivity index (χ4n) is 4.76. The minimum absolute atomic E-state index is 0.113. The van der Waals surface area contributed by atoms with Crippen molar-refractivity contribution in [3.63, 3.8) is 0 Å². The quantitative estimate of drug-likeness (QED) is 0.549. The normalized spacial score (nSPS) is 20.0. The van der Waals surface area contributed by atoms with E-state index in [1.807, 2.05) is 30.3 Å². The third-order valence-corrected chi connectivity index (χ3v) is 6.08. The number of hydrogen-bond acceptors (Lipinski definition) is 4. The molecule has 1 aliphatic carbocycles. The zero-order chi connectivity index (χ0) is 21.6. The third-order valence-electron chi connectivity index (χ3n) is 6.08. The maximum absolute atomic E-state index is 13.5. The van der Waals surface area contributed by atoms with Gasteiger partial charge in [-0.1, -0.05) is 38.1 Å². The van der Waals surface area contributed by atoms with Crippen LogP contribution in [0, 0.1) is 11.2 Å². The molecule has 5 rings (SSSR count). The average Bonchev–Trinajstić information content (AvgIpc) is 3.21. The van der Waals surface area contributed by atoms with Crippen molar-refractivity contribution in [3.8, 4) is 0 Å². The molecule has 0 saturated carbocycles. The van der Waals surface area contributed by atoms with Crippen molar-refractivity contribution in [3.05, 3.63) is 95.3 Å². The first kappa shape index (κ1) is 19.6. The van der Waals surface area contributed by atoms with E-state index in [0.717, 1.165) is 40.4 Å². The number of nitrogens with zero attached hydrogens (tertiary/aromatic N) is 1. The van der Waals surface area contributed by atoms with Crippen LogP contribution in [0.15, 0.2) is 82.6 Å². The summed E-state index contributed by atoms with van der Waals surface area (Å²) >= 11 is 0. The SMILES string of the molecule is CC1(C)CC(=O)C2=C(C1)Nc1ccccc1N(Cc1ccc(F)cc1)C2c1ccco1. The highest BCUT2D eigenvalue weighted by Gasteiger charge is 2.42. The number of halogens is 1. The molecule has 158 valence electrons. The van der Waals surface area contributed by atoms with Gasteiger partial charge >= 0.3 is 0 Å². The molecule has 2 aliphatic rings. The summed E-state index contributed by atoms with van der Waals surface area (Å²) in [5.41, 5.74) is 4.49. The van der Waals surface area contributed by atoms with Gasteiger partial charge in [-0.05, 0) is 53.8 Å². The second-order valence-electron chi connectivity index (χ2n) is 9.15. The summed E-state index contributed by atoms with van der Waals surface area (Å²) < 4.78 is 19.4. The molecule has 4 nitrogen and oxygen atoms in total. The number of hydrogen-bond donors (Lipinski definition) is 1. The van der Waals surface area contributed by atoms with Crippen molar-refractivity contribution in [1.29, 1.82) is 0 Å². The molecule has 0 bridgehead atoms. The Morgan fingerprint density at radius 1 is 1.06 bits per heavy atom. The molecule has 31 heavy (non-hydrogen) atoms. The van der Waals surface area contributed by atoms with Gasteiger partial charge in [-0.25, -0.2) is 4.39 Å². The lowest BCUT2D eigenvalue weighted by Crippen LogP contribution is -2.35. The van der Waals surface area contributed by atoms with E-state index in [0.29, 0.717) is 13.0 Å². The first-order chi connectivity index (χ1) is 14.9. The van der Waals surface area contributed by atoms with E-state index >= 15 is 0 Å². The van der Waals surface area contributed by atoms with Gasteiger partial charge < -0.3 is 14.6 Å². The van der Waals surface area contributed by atoms with Crippen LogP contribution in [0.25, 0.3) is 0 Å². The van der Waals surface area contributed by atoms with Crippen LogP contribution in [0.5, 0.6) is 0 Å². The van der Waals surface area contributed by atoms with Crippen LogP contribution in [0.4, 0.5) is 15.8 Å². The van der Waals surface area contributed by atoms with Gasteiger partial charge in [0.1, 0.15) is 17.6 Å². The average molecular weight is 416 g/mol. The molecular weight excluding hydrogens is 391 g/mol. The Balaban J connectivity index is 1.71. The number of anilines is 2.